The van der Waals surface area contributed by atoms with Gasteiger partial charge in [0.25, 0.3) is 0 Å². The minimum Gasteiger partial charge on any atom is -0.370 e. The first-order chi connectivity index (χ1) is 12.9. The quantitative estimate of drug-likeness (QED) is 0.0792. The minimum atomic E-state index is -0.233. The van der Waals surface area contributed by atoms with Crippen molar-refractivity contribution in [1.82, 2.24) is 21.3 Å². The molecule has 9 N–H and O–H groups in total. The molecule has 0 heterocycles. The molecule has 27 heavy (non-hydrogen) atoms. The van der Waals surface area contributed by atoms with Gasteiger partial charge in [-0.3, -0.25) is 15.0 Å². The Hall–Kier alpha value is -1.87. The van der Waals surface area contributed by atoms with Gasteiger partial charge in [0, 0.05) is 25.7 Å². The lowest BCUT2D eigenvalue weighted by atomic mass is 10.2. The van der Waals surface area contributed by atoms with Crippen LogP contribution in [0.25, 0.3) is 0 Å². The number of hydrogen-bond acceptors (Lipinski definition) is 5. The largest absolute Gasteiger partial charge is 0.370 e. The third-order valence-corrected chi connectivity index (χ3v) is 3.94. The van der Waals surface area contributed by atoms with Gasteiger partial charge in [0.1, 0.15) is 6.42 Å². The van der Waals surface area contributed by atoms with Crippen LogP contribution in [0, 0.1) is 5.41 Å². The summed E-state index contributed by atoms with van der Waals surface area (Å²) in [6, 6.07) is 0.220. The highest BCUT2D eigenvalue weighted by Gasteiger charge is 2.07. The summed E-state index contributed by atoms with van der Waals surface area (Å²) < 4.78 is 0. The maximum Gasteiger partial charge on any atom is 0.229 e. The molecule has 0 aromatic rings. The number of rotatable bonds is 17. The monoisotopic (exact) mass is 385 g/mol. The fourth-order valence-electron chi connectivity index (χ4n) is 2.38. The van der Waals surface area contributed by atoms with Gasteiger partial charge in [0.15, 0.2) is 5.96 Å². The van der Waals surface area contributed by atoms with E-state index in [4.69, 9.17) is 16.9 Å². The van der Waals surface area contributed by atoms with Gasteiger partial charge < -0.3 is 32.7 Å². The van der Waals surface area contributed by atoms with E-state index in [1.807, 2.05) is 6.92 Å². The van der Waals surface area contributed by atoms with E-state index < -0.39 is 0 Å². The summed E-state index contributed by atoms with van der Waals surface area (Å²) in [6.45, 7) is 5.69. The van der Waals surface area contributed by atoms with Crippen molar-refractivity contribution in [2.45, 2.75) is 64.3 Å². The van der Waals surface area contributed by atoms with E-state index in [1.165, 1.54) is 0 Å². The molecule has 158 valence electrons. The van der Waals surface area contributed by atoms with Gasteiger partial charge in [-0.05, 0) is 52.1 Å². The van der Waals surface area contributed by atoms with E-state index in [9.17, 15) is 9.59 Å². The Morgan fingerprint density at radius 2 is 1.30 bits per heavy atom. The number of guanidine groups is 1. The number of amides is 2. The predicted molar refractivity (Wildman–Crippen MR) is 109 cm³/mol. The van der Waals surface area contributed by atoms with Crippen molar-refractivity contribution in [2.24, 2.45) is 11.5 Å². The molecule has 9 nitrogen and oxygen atoms in total. The first-order valence-electron chi connectivity index (χ1n) is 9.99. The van der Waals surface area contributed by atoms with Crippen molar-refractivity contribution in [2.75, 3.05) is 32.7 Å². The van der Waals surface area contributed by atoms with Gasteiger partial charge in [-0.25, -0.2) is 0 Å². The Morgan fingerprint density at radius 3 is 1.81 bits per heavy atom. The van der Waals surface area contributed by atoms with Gasteiger partial charge in [-0.2, -0.15) is 0 Å². The van der Waals surface area contributed by atoms with E-state index in [0.29, 0.717) is 19.6 Å². The van der Waals surface area contributed by atoms with E-state index in [0.717, 1.165) is 58.0 Å². The van der Waals surface area contributed by atoms with Gasteiger partial charge >= 0.3 is 0 Å². The van der Waals surface area contributed by atoms with Crippen LogP contribution in [0.5, 0.6) is 0 Å². The summed E-state index contributed by atoms with van der Waals surface area (Å²) in [7, 11) is 0. The lowest BCUT2D eigenvalue weighted by Gasteiger charge is -2.08. The average Bonchev–Trinajstić information content (AvgIpc) is 2.59. The zero-order chi connectivity index (χ0) is 20.3. The molecule has 0 aliphatic rings. The van der Waals surface area contributed by atoms with Crippen LogP contribution >= 0.6 is 0 Å². The highest BCUT2D eigenvalue weighted by Crippen LogP contribution is 1.98. The minimum absolute atomic E-state index is 0.00520. The smallest absolute Gasteiger partial charge is 0.229 e. The lowest BCUT2D eigenvalue weighted by molar-refractivity contribution is -0.129. The molecule has 0 spiro atoms. The maximum atomic E-state index is 11.7. The molecular weight excluding hydrogens is 346 g/mol. The van der Waals surface area contributed by atoms with Crippen LogP contribution in [0.3, 0.4) is 0 Å². The molecule has 0 bridgehead atoms. The predicted octanol–water partition coefficient (Wildman–Crippen LogP) is -0.241. The van der Waals surface area contributed by atoms with Crippen molar-refractivity contribution in [3.63, 3.8) is 0 Å². The van der Waals surface area contributed by atoms with Crippen LogP contribution in [0.1, 0.15) is 58.3 Å². The number of carbonyl (C=O) groups excluding carboxylic acids is 2. The normalized spacial score (nSPS) is 11.6. The first kappa shape index (κ1) is 25.1. The Balaban J connectivity index is 3.39. The fraction of sp³-hybridized carbons (Fsp3) is 0.833. The third-order valence-electron chi connectivity index (χ3n) is 3.94. The standard InChI is InChI=1S/C18H39N7O2/c1-15(19)8-13-22-9-6-7-11-24-17(27)14-16(26)23-10-4-2-3-5-12-25-18(20)21/h15,22H,2-14,19H2,1H3,(H,23,26)(H,24,27)(H4,20,21,25)/t15-/m1/s1. The second kappa shape index (κ2) is 17.5. The zero-order valence-electron chi connectivity index (χ0n) is 16.7. The van der Waals surface area contributed by atoms with Gasteiger partial charge in [-0.15, -0.1) is 0 Å². The van der Waals surface area contributed by atoms with Crippen molar-refractivity contribution in [1.29, 1.82) is 5.41 Å². The maximum absolute atomic E-state index is 11.7. The summed E-state index contributed by atoms with van der Waals surface area (Å²) in [5, 5.41) is 18.6. The molecule has 0 unspecified atom stereocenters. The summed E-state index contributed by atoms with van der Waals surface area (Å²) in [4.78, 5) is 23.4. The molecule has 0 rings (SSSR count). The number of hydrogen-bond donors (Lipinski definition) is 7. The van der Waals surface area contributed by atoms with E-state index >= 15 is 0 Å². The van der Waals surface area contributed by atoms with Gasteiger partial charge in [0.05, 0.1) is 0 Å². The second-order valence-electron chi connectivity index (χ2n) is 6.85. The molecular formula is C18H39N7O2. The fourth-order valence-corrected chi connectivity index (χ4v) is 2.38. The molecule has 0 saturated carbocycles. The number of nitrogens with one attached hydrogen (secondary N) is 5. The van der Waals surface area contributed by atoms with E-state index in [2.05, 4.69) is 21.3 Å². The van der Waals surface area contributed by atoms with Crippen molar-refractivity contribution >= 4 is 17.8 Å². The molecule has 1 atom stereocenters. The molecule has 0 radical (unpaired) electrons. The summed E-state index contributed by atoms with van der Waals surface area (Å²) in [6.07, 6.45) is 6.53. The Bertz CT molecular complexity index is 417. The van der Waals surface area contributed by atoms with Gasteiger partial charge in [-0.1, -0.05) is 12.8 Å². The number of nitrogens with two attached hydrogens (primary N) is 2. The average molecular weight is 386 g/mol. The third kappa shape index (κ3) is 20.3. The molecule has 9 heteroatoms. The van der Waals surface area contributed by atoms with Gasteiger partial charge in [0.2, 0.25) is 11.8 Å². The van der Waals surface area contributed by atoms with Crippen molar-refractivity contribution in [3.05, 3.63) is 0 Å². The topological polar surface area (TPSA) is 158 Å². The molecule has 0 saturated heterocycles. The Morgan fingerprint density at radius 1 is 0.815 bits per heavy atom. The number of unbranched alkanes of at least 4 members (excludes halogenated alkanes) is 4. The summed E-state index contributed by atoms with van der Waals surface area (Å²) in [5.74, 6) is -0.467. The lowest BCUT2D eigenvalue weighted by Crippen LogP contribution is -2.33. The summed E-state index contributed by atoms with van der Waals surface area (Å²) in [5.41, 5.74) is 10.9. The molecule has 0 aromatic heterocycles. The van der Waals surface area contributed by atoms with E-state index in [1.54, 1.807) is 0 Å². The Labute approximate surface area is 163 Å². The SMILES string of the molecule is C[C@@H](N)CCNCCCCNC(=O)CC(=O)NCCCCCCNC(=N)N. The highest BCUT2D eigenvalue weighted by molar-refractivity contribution is 5.96. The zero-order valence-corrected chi connectivity index (χ0v) is 16.7. The van der Waals surface area contributed by atoms with Crippen LogP contribution in [0.4, 0.5) is 0 Å². The molecule has 0 aliphatic carbocycles. The molecule has 0 aromatic carbocycles. The van der Waals surface area contributed by atoms with E-state index in [-0.39, 0.29) is 30.2 Å². The molecule has 2 amide bonds. The van der Waals surface area contributed by atoms with Crippen LogP contribution in [0.2, 0.25) is 0 Å². The number of carbonyl (C=O) groups is 2. The van der Waals surface area contributed by atoms with Crippen LogP contribution < -0.4 is 32.7 Å². The Kier molecular flexibility index (Phi) is 16.3. The first-order valence-corrected chi connectivity index (χ1v) is 9.99. The highest BCUT2D eigenvalue weighted by atomic mass is 16.2. The van der Waals surface area contributed by atoms with Crippen molar-refractivity contribution < 1.29 is 9.59 Å². The molecule has 0 aliphatic heterocycles. The summed E-state index contributed by atoms with van der Waals surface area (Å²) >= 11 is 0. The van der Waals surface area contributed by atoms with Crippen molar-refractivity contribution in [3.8, 4) is 0 Å². The van der Waals surface area contributed by atoms with Crippen LogP contribution in [-0.4, -0.2) is 56.5 Å². The molecule has 0 fully saturated rings. The van der Waals surface area contributed by atoms with Crippen LogP contribution in [-0.2, 0) is 9.59 Å². The second-order valence-corrected chi connectivity index (χ2v) is 6.85. The van der Waals surface area contributed by atoms with Crippen LogP contribution in [0.15, 0.2) is 0 Å².